The number of amides is 1. The molecule has 0 saturated carbocycles. The number of hydrogen-bond donors (Lipinski definition) is 0. The standard InChI is InChI=1S/C22H18N4O2S2/c27-20(25-8-7-15-4-1-2-5-16(15)11-25)12-26-14-23-10-17(22(26)28)21-24-18(13-30-21)19-6-3-9-29-19/h1-6,9-10,13-14H,7-8,11-12H2. The van der Waals surface area contributed by atoms with Gasteiger partial charge in [0.25, 0.3) is 5.56 Å². The average Bonchev–Trinajstić information content (AvgIpc) is 3.47. The molecule has 8 heteroatoms. The van der Waals surface area contributed by atoms with Crippen LogP contribution >= 0.6 is 22.7 Å². The molecule has 0 bridgehead atoms. The van der Waals surface area contributed by atoms with Crippen LogP contribution < -0.4 is 5.56 Å². The van der Waals surface area contributed by atoms with Gasteiger partial charge < -0.3 is 4.90 Å². The van der Waals surface area contributed by atoms with E-state index >= 15 is 0 Å². The van der Waals surface area contributed by atoms with E-state index < -0.39 is 0 Å². The van der Waals surface area contributed by atoms with Crippen molar-refractivity contribution in [1.29, 1.82) is 0 Å². The molecule has 30 heavy (non-hydrogen) atoms. The molecule has 0 atom stereocenters. The Morgan fingerprint density at radius 3 is 2.80 bits per heavy atom. The van der Waals surface area contributed by atoms with Crippen molar-refractivity contribution < 1.29 is 4.79 Å². The fraction of sp³-hybridized carbons (Fsp3) is 0.182. The number of benzene rings is 1. The Morgan fingerprint density at radius 2 is 1.97 bits per heavy atom. The summed E-state index contributed by atoms with van der Waals surface area (Å²) in [7, 11) is 0. The molecule has 0 fully saturated rings. The van der Waals surface area contributed by atoms with Crippen molar-refractivity contribution >= 4 is 28.6 Å². The number of carbonyl (C=O) groups is 1. The monoisotopic (exact) mass is 434 g/mol. The summed E-state index contributed by atoms with van der Waals surface area (Å²) in [6.07, 6.45) is 3.78. The molecule has 0 saturated heterocycles. The summed E-state index contributed by atoms with van der Waals surface area (Å²) < 4.78 is 1.38. The van der Waals surface area contributed by atoms with E-state index in [0.29, 0.717) is 23.7 Å². The summed E-state index contributed by atoms with van der Waals surface area (Å²) in [5.41, 5.74) is 3.47. The highest BCUT2D eigenvalue weighted by Crippen LogP contribution is 2.29. The van der Waals surface area contributed by atoms with Crippen molar-refractivity contribution in [3.8, 4) is 21.1 Å². The predicted octanol–water partition coefficient (Wildman–Crippen LogP) is 3.68. The van der Waals surface area contributed by atoms with E-state index in [0.717, 1.165) is 17.0 Å². The van der Waals surface area contributed by atoms with Crippen LogP contribution in [0.15, 0.2) is 64.5 Å². The molecule has 0 radical (unpaired) electrons. The molecule has 150 valence electrons. The third-order valence-electron chi connectivity index (χ3n) is 5.20. The van der Waals surface area contributed by atoms with E-state index in [4.69, 9.17) is 0 Å². The van der Waals surface area contributed by atoms with Gasteiger partial charge in [0.2, 0.25) is 5.91 Å². The van der Waals surface area contributed by atoms with Gasteiger partial charge >= 0.3 is 0 Å². The number of hydrogen-bond acceptors (Lipinski definition) is 6. The van der Waals surface area contributed by atoms with E-state index in [-0.39, 0.29) is 18.0 Å². The Morgan fingerprint density at radius 1 is 1.10 bits per heavy atom. The van der Waals surface area contributed by atoms with Crippen molar-refractivity contribution in [1.82, 2.24) is 19.4 Å². The van der Waals surface area contributed by atoms with Crippen LogP contribution in [0.1, 0.15) is 11.1 Å². The lowest BCUT2D eigenvalue weighted by Crippen LogP contribution is -2.39. The lowest BCUT2D eigenvalue weighted by Gasteiger charge is -2.29. The van der Waals surface area contributed by atoms with Gasteiger partial charge in [-0.1, -0.05) is 30.3 Å². The molecule has 1 aromatic carbocycles. The quantitative estimate of drug-likeness (QED) is 0.491. The zero-order valence-corrected chi connectivity index (χ0v) is 17.7. The topological polar surface area (TPSA) is 68.1 Å². The summed E-state index contributed by atoms with van der Waals surface area (Å²) in [6, 6.07) is 12.1. The first-order chi connectivity index (χ1) is 14.7. The molecule has 1 aliphatic rings. The van der Waals surface area contributed by atoms with E-state index in [1.165, 1.54) is 39.6 Å². The Bertz CT molecular complexity index is 1260. The van der Waals surface area contributed by atoms with Gasteiger partial charge in [-0.2, -0.15) is 0 Å². The average molecular weight is 435 g/mol. The highest BCUT2D eigenvalue weighted by molar-refractivity contribution is 7.15. The molecule has 0 unspecified atom stereocenters. The summed E-state index contributed by atoms with van der Waals surface area (Å²) in [5, 5.41) is 4.55. The summed E-state index contributed by atoms with van der Waals surface area (Å²) in [6.45, 7) is 1.22. The van der Waals surface area contributed by atoms with Crippen molar-refractivity contribution in [2.75, 3.05) is 6.54 Å². The zero-order chi connectivity index (χ0) is 20.5. The lowest BCUT2D eigenvalue weighted by molar-refractivity contribution is -0.132. The molecule has 6 nitrogen and oxygen atoms in total. The van der Waals surface area contributed by atoms with Crippen molar-refractivity contribution in [3.05, 3.63) is 81.2 Å². The fourth-order valence-electron chi connectivity index (χ4n) is 3.60. The molecule has 0 spiro atoms. The second kappa shape index (κ2) is 7.97. The molecule has 0 aliphatic carbocycles. The number of nitrogens with zero attached hydrogens (tertiary/aromatic N) is 4. The maximum Gasteiger partial charge on any atom is 0.264 e. The summed E-state index contributed by atoms with van der Waals surface area (Å²) >= 11 is 3.02. The SMILES string of the molecule is O=C(Cn1cncc(-c2nc(-c3cccs3)cs2)c1=O)N1CCc2ccccc2C1. The highest BCUT2D eigenvalue weighted by atomic mass is 32.1. The van der Waals surface area contributed by atoms with Crippen LogP contribution in [0.4, 0.5) is 0 Å². The number of thiophene rings is 1. The maximum atomic E-state index is 13.0. The lowest BCUT2D eigenvalue weighted by atomic mass is 10.00. The van der Waals surface area contributed by atoms with E-state index in [1.54, 1.807) is 16.2 Å². The molecule has 1 amide bonds. The Balaban J connectivity index is 1.36. The normalized spacial score (nSPS) is 13.3. The van der Waals surface area contributed by atoms with Crippen molar-refractivity contribution in [2.24, 2.45) is 0 Å². The van der Waals surface area contributed by atoms with Gasteiger partial charge in [0.05, 0.1) is 22.5 Å². The van der Waals surface area contributed by atoms with Crippen LogP contribution in [0.25, 0.3) is 21.1 Å². The number of aromatic nitrogens is 3. The van der Waals surface area contributed by atoms with Gasteiger partial charge in [-0.3, -0.25) is 14.2 Å². The number of fused-ring (bicyclic) bond motifs is 1. The number of carbonyl (C=O) groups excluding carboxylic acids is 1. The van der Waals surface area contributed by atoms with Gasteiger partial charge in [-0.05, 0) is 29.0 Å². The maximum absolute atomic E-state index is 13.0. The third-order valence-corrected chi connectivity index (χ3v) is 6.97. The second-order valence-electron chi connectivity index (χ2n) is 7.09. The van der Waals surface area contributed by atoms with Crippen LogP contribution in [0.3, 0.4) is 0 Å². The smallest absolute Gasteiger partial charge is 0.264 e. The van der Waals surface area contributed by atoms with Crippen molar-refractivity contribution in [3.63, 3.8) is 0 Å². The van der Waals surface area contributed by atoms with Crippen LogP contribution in [-0.2, 0) is 24.3 Å². The predicted molar refractivity (Wildman–Crippen MR) is 118 cm³/mol. The molecule has 5 rings (SSSR count). The molecular formula is C22H18N4O2S2. The molecule has 0 N–H and O–H groups in total. The van der Waals surface area contributed by atoms with Gasteiger partial charge in [-0.25, -0.2) is 9.97 Å². The fourth-order valence-corrected chi connectivity index (χ4v) is 5.18. The third kappa shape index (κ3) is 3.59. The first-order valence-electron chi connectivity index (χ1n) is 9.58. The van der Waals surface area contributed by atoms with Gasteiger partial charge in [0.1, 0.15) is 11.6 Å². The van der Waals surface area contributed by atoms with Crippen LogP contribution in [0, 0.1) is 0 Å². The Labute approximate surface area is 181 Å². The minimum absolute atomic E-state index is 0.0228. The first-order valence-corrected chi connectivity index (χ1v) is 11.3. The molecule has 4 aromatic rings. The second-order valence-corrected chi connectivity index (χ2v) is 8.90. The number of thiazole rings is 1. The minimum atomic E-state index is -0.247. The molecular weight excluding hydrogens is 416 g/mol. The summed E-state index contributed by atoms with van der Waals surface area (Å²) in [5.74, 6) is -0.0797. The Hall–Kier alpha value is -3.10. The van der Waals surface area contributed by atoms with Gasteiger partial charge in [0, 0.05) is 24.7 Å². The molecule has 4 heterocycles. The van der Waals surface area contributed by atoms with Crippen molar-refractivity contribution in [2.45, 2.75) is 19.5 Å². The number of rotatable bonds is 4. The van der Waals surface area contributed by atoms with Gasteiger partial charge in [-0.15, -0.1) is 22.7 Å². The van der Waals surface area contributed by atoms with Crippen LogP contribution in [-0.4, -0.2) is 31.9 Å². The summed E-state index contributed by atoms with van der Waals surface area (Å²) in [4.78, 5) is 37.5. The minimum Gasteiger partial charge on any atom is -0.336 e. The van der Waals surface area contributed by atoms with Gasteiger partial charge in [0.15, 0.2) is 0 Å². The zero-order valence-electron chi connectivity index (χ0n) is 16.0. The van der Waals surface area contributed by atoms with Crippen LogP contribution in [0.2, 0.25) is 0 Å². The van der Waals surface area contributed by atoms with E-state index in [1.807, 2.05) is 35.0 Å². The molecule has 3 aromatic heterocycles. The first kappa shape index (κ1) is 18.9. The van der Waals surface area contributed by atoms with E-state index in [9.17, 15) is 9.59 Å². The molecule has 1 aliphatic heterocycles. The Kier molecular flexibility index (Phi) is 5.02. The highest BCUT2D eigenvalue weighted by Gasteiger charge is 2.21. The largest absolute Gasteiger partial charge is 0.336 e. The van der Waals surface area contributed by atoms with E-state index in [2.05, 4.69) is 22.1 Å². The van der Waals surface area contributed by atoms with Crippen LogP contribution in [0.5, 0.6) is 0 Å².